The first-order valence-corrected chi connectivity index (χ1v) is 9.44. The third kappa shape index (κ3) is 4.02. The lowest BCUT2D eigenvalue weighted by molar-refractivity contribution is -0.117. The standard InChI is InChI=1S/C17H24N4O2S/c1-19(13-22)18-17(24-2)21-8-6-20(7-9-21)12-14-3-4-15-5-10-23-16(15)11-14/h3-4,11,13H,5-10,12H2,1-2H3/b18-17-. The van der Waals surface area contributed by atoms with E-state index in [0.717, 1.165) is 63.1 Å². The Balaban J connectivity index is 1.55. The molecule has 1 amide bonds. The Labute approximate surface area is 147 Å². The van der Waals surface area contributed by atoms with Gasteiger partial charge in [0.15, 0.2) is 5.17 Å². The molecule has 1 fully saturated rings. The average Bonchev–Trinajstić information content (AvgIpc) is 3.08. The van der Waals surface area contributed by atoms with E-state index in [1.54, 1.807) is 18.8 Å². The molecule has 0 saturated carbocycles. The molecule has 3 rings (SSSR count). The summed E-state index contributed by atoms with van der Waals surface area (Å²) in [6.07, 6.45) is 3.75. The molecule has 7 heteroatoms. The summed E-state index contributed by atoms with van der Waals surface area (Å²) in [5, 5.41) is 6.54. The Morgan fingerprint density at radius 2 is 2.17 bits per heavy atom. The molecule has 1 saturated heterocycles. The molecular formula is C17H24N4O2S. The number of piperazine rings is 1. The maximum Gasteiger partial charge on any atom is 0.229 e. The van der Waals surface area contributed by atoms with Crippen LogP contribution >= 0.6 is 11.8 Å². The minimum Gasteiger partial charge on any atom is -0.493 e. The number of amides is 1. The Bertz CT molecular complexity index is 615. The maximum atomic E-state index is 10.7. The summed E-state index contributed by atoms with van der Waals surface area (Å²) < 4.78 is 5.66. The van der Waals surface area contributed by atoms with Crippen molar-refractivity contribution in [3.63, 3.8) is 0 Å². The van der Waals surface area contributed by atoms with Gasteiger partial charge in [-0.15, -0.1) is 5.10 Å². The van der Waals surface area contributed by atoms with E-state index in [1.165, 1.54) is 16.1 Å². The number of ether oxygens (including phenoxy) is 1. The zero-order chi connectivity index (χ0) is 16.9. The van der Waals surface area contributed by atoms with Crippen LogP contribution in [-0.4, -0.2) is 72.5 Å². The maximum absolute atomic E-state index is 10.7. The Morgan fingerprint density at radius 1 is 1.38 bits per heavy atom. The highest BCUT2D eigenvalue weighted by molar-refractivity contribution is 8.13. The molecule has 2 aliphatic rings. The molecule has 1 aromatic rings. The summed E-state index contributed by atoms with van der Waals surface area (Å²) in [5.74, 6) is 1.06. The molecule has 2 heterocycles. The van der Waals surface area contributed by atoms with Gasteiger partial charge in [0.1, 0.15) is 5.75 Å². The summed E-state index contributed by atoms with van der Waals surface area (Å²) in [7, 11) is 1.66. The third-order valence-electron chi connectivity index (χ3n) is 4.39. The summed E-state index contributed by atoms with van der Waals surface area (Å²) >= 11 is 1.58. The Morgan fingerprint density at radius 3 is 2.88 bits per heavy atom. The second-order valence-electron chi connectivity index (χ2n) is 6.07. The van der Waals surface area contributed by atoms with E-state index in [1.807, 2.05) is 6.26 Å². The molecule has 2 aliphatic heterocycles. The second kappa shape index (κ2) is 7.90. The van der Waals surface area contributed by atoms with Gasteiger partial charge in [-0.25, -0.2) is 5.01 Å². The lowest BCUT2D eigenvalue weighted by atomic mass is 10.1. The minimum atomic E-state index is 0.725. The lowest BCUT2D eigenvalue weighted by Gasteiger charge is -2.36. The Hall–Kier alpha value is -1.73. The van der Waals surface area contributed by atoms with Gasteiger partial charge in [-0.05, 0) is 23.4 Å². The lowest BCUT2D eigenvalue weighted by Crippen LogP contribution is -2.47. The predicted octanol–water partition coefficient (Wildman–Crippen LogP) is 1.46. The molecule has 0 atom stereocenters. The average molecular weight is 348 g/mol. The third-order valence-corrected chi connectivity index (χ3v) is 5.09. The van der Waals surface area contributed by atoms with Gasteiger partial charge < -0.3 is 9.64 Å². The van der Waals surface area contributed by atoms with E-state index in [-0.39, 0.29) is 0 Å². The molecule has 0 unspecified atom stereocenters. The van der Waals surface area contributed by atoms with Crippen molar-refractivity contribution in [3.8, 4) is 5.75 Å². The number of carbonyl (C=O) groups is 1. The number of benzene rings is 1. The van der Waals surface area contributed by atoms with Crippen molar-refractivity contribution in [1.29, 1.82) is 0 Å². The largest absolute Gasteiger partial charge is 0.493 e. The quantitative estimate of drug-likeness (QED) is 0.357. The number of hydrogen-bond acceptors (Lipinski definition) is 5. The smallest absolute Gasteiger partial charge is 0.229 e. The van der Waals surface area contributed by atoms with Gasteiger partial charge in [-0.1, -0.05) is 23.9 Å². The monoisotopic (exact) mass is 348 g/mol. The van der Waals surface area contributed by atoms with Crippen LogP contribution in [0.4, 0.5) is 0 Å². The fourth-order valence-corrected chi connectivity index (χ4v) is 3.71. The van der Waals surface area contributed by atoms with Crippen molar-refractivity contribution in [2.45, 2.75) is 13.0 Å². The van der Waals surface area contributed by atoms with E-state index in [2.05, 4.69) is 33.1 Å². The van der Waals surface area contributed by atoms with Crippen LogP contribution in [0.3, 0.4) is 0 Å². The summed E-state index contributed by atoms with van der Waals surface area (Å²) in [4.78, 5) is 15.4. The summed E-state index contributed by atoms with van der Waals surface area (Å²) in [5.41, 5.74) is 2.63. The number of hydrogen-bond donors (Lipinski definition) is 0. The van der Waals surface area contributed by atoms with E-state index < -0.39 is 0 Å². The zero-order valence-corrected chi connectivity index (χ0v) is 15.1. The molecule has 0 spiro atoms. The van der Waals surface area contributed by atoms with Gasteiger partial charge in [0.2, 0.25) is 6.41 Å². The van der Waals surface area contributed by atoms with Crippen molar-refractivity contribution >= 4 is 23.3 Å². The highest BCUT2D eigenvalue weighted by Gasteiger charge is 2.21. The van der Waals surface area contributed by atoms with E-state index >= 15 is 0 Å². The Kier molecular flexibility index (Phi) is 5.63. The summed E-state index contributed by atoms with van der Waals surface area (Å²) in [6.45, 7) is 5.58. The van der Waals surface area contributed by atoms with Gasteiger partial charge in [-0.3, -0.25) is 9.69 Å². The number of amidine groups is 1. The number of nitrogens with zero attached hydrogens (tertiary/aromatic N) is 4. The molecule has 0 N–H and O–H groups in total. The minimum absolute atomic E-state index is 0.725. The van der Waals surface area contributed by atoms with Gasteiger partial charge in [-0.2, -0.15) is 0 Å². The van der Waals surface area contributed by atoms with Crippen LogP contribution in [0.1, 0.15) is 11.1 Å². The van der Waals surface area contributed by atoms with E-state index in [9.17, 15) is 4.79 Å². The molecular weight excluding hydrogens is 324 g/mol. The van der Waals surface area contributed by atoms with Gasteiger partial charge in [0, 0.05) is 46.2 Å². The predicted molar refractivity (Wildman–Crippen MR) is 97.3 cm³/mol. The van der Waals surface area contributed by atoms with Gasteiger partial charge >= 0.3 is 0 Å². The molecule has 6 nitrogen and oxygen atoms in total. The highest BCUT2D eigenvalue weighted by atomic mass is 32.2. The van der Waals surface area contributed by atoms with Crippen molar-refractivity contribution in [2.75, 3.05) is 46.1 Å². The van der Waals surface area contributed by atoms with Crippen LogP contribution in [0.2, 0.25) is 0 Å². The van der Waals surface area contributed by atoms with Crippen LogP contribution in [-0.2, 0) is 17.8 Å². The van der Waals surface area contributed by atoms with Gasteiger partial charge in [0.05, 0.1) is 6.61 Å². The van der Waals surface area contributed by atoms with Crippen LogP contribution in [0.5, 0.6) is 5.75 Å². The molecule has 0 bridgehead atoms. The summed E-state index contributed by atoms with van der Waals surface area (Å²) in [6, 6.07) is 6.60. The second-order valence-corrected chi connectivity index (χ2v) is 6.84. The highest BCUT2D eigenvalue weighted by Crippen LogP contribution is 2.26. The fraction of sp³-hybridized carbons (Fsp3) is 0.529. The first-order valence-electron chi connectivity index (χ1n) is 8.22. The molecule has 1 aromatic carbocycles. The topological polar surface area (TPSA) is 48.4 Å². The number of fused-ring (bicyclic) bond motifs is 1. The van der Waals surface area contributed by atoms with Crippen LogP contribution in [0.25, 0.3) is 0 Å². The van der Waals surface area contributed by atoms with E-state index in [0.29, 0.717) is 0 Å². The molecule has 0 radical (unpaired) electrons. The number of hydrazone groups is 1. The van der Waals surface area contributed by atoms with Gasteiger partial charge in [0.25, 0.3) is 0 Å². The first kappa shape index (κ1) is 17.1. The first-order chi connectivity index (χ1) is 11.7. The van der Waals surface area contributed by atoms with Crippen LogP contribution in [0.15, 0.2) is 23.3 Å². The number of thioether (sulfide) groups is 1. The molecule has 130 valence electrons. The van der Waals surface area contributed by atoms with Crippen molar-refractivity contribution in [1.82, 2.24) is 14.8 Å². The molecule has 0 aliphatic carbocycles. The molecule has 24 heavy (non-hydrogen) atoms. The van der Waals surface area contributed by atoms with Crippen LogP contribution in [0, 0.1) is 0 Å². The van der Waals surface area contributed by atoms with Crippen molar-refractivity contribution in [2.24, 2.45) is 5.10 Å². The van der Waals surface area contributed by atoms with E-state index in [4.69, 9.17) is 4.74 Å². The number of carbonyl (C=O) groups excluding carboxylic acids is 1. The SMILES string of the molecule is CS/C(=N\N(C)C=O)N1CCN(Cc2ccc3c(c2)OCC3)CC1. The fourth-order valence-electron chi connectivity index (χ4n) is 3.06. The van der Waals surface area contributed by atoms with Crippen molar-refractivity contribution in [3.05, 3.63) is 29.3 Å². The molecule has 0 aromatic heterocycles. The van der Waals surface area contributed by atoms with Crippen molar-refractivity contribution < 1.29 is 9.53 Å². The zero-order valence-electron chi connectivity index (χ0n) is 14.3. The number of rotatable bonds is 4. The normalized spacial score (nSPS) is 18.2. The van der Waals surface area contributed by atoms with Crippen LogP contribution < -0.4 is 4.74 Å².